The molecule has 2 aliphatic heterocycles. The van der Waals surface area contributed by atoms with Crippen molar-refractivity contribution >= 4 is 5.97 Å². The molecule has 2 saturated heterocycles. The van der Waals surface area contributed by atoms with Gasteiger partial charge in [-0.3, -0.25) is 14.6 Å². The molecule has 2 heterocycles. The first-order valence-corrected chi connectivity index (χ1v) is 6.84. The van der Waals surface area contributed by atoms with Crippen LogP contribution in [0.25, 0.3) is 0 Å². The van der Waals surface area contributed by atoms with Gasteiger partial charge in [-0.25, -0.2) is 5.84 Å². The molecule has 2 rings (SSSR count). The number of rotatable bonds is 4. The minimum absolute atomic E-state index is 0.296. The lowest BCUT2D eigenvalue weighted by Gasteiger charge is -2.47. The maximum absolute atomic E-state index is 11.3. The minimum atomic E-state index is -0.296. The fourth-order valence-electron chi connectivity index (χ4n) is 3.08. The molecule has 0 aromatic rings. The largest absolute Gasteiger partial charge is 0.356 e. The molecule has 6 nitrogen and oxygen atoms in total. The molecule has 0 spiro atoms. The van der Waals surface area contributed by atoms with Crippen molar-refractivity contribution in [1.82, 2.24) is 15.4 Å². The van der Waals surface area contributed by atoms with E-state index in [0.717, 1.165) is 19.6 Å². The maximum atomic E-state index is 11.3. The third-order valence-corrected chi connectivity index (χ3v) is 4.09. The summed E-state index contributed by atoms with van der Waals surface area (Å²) in [5.74, 6) is 4.64. The lowest BCUT2D eigenvalue weighted by Crippen LogP contribution is -2.58. The number of fused-ring (bicyclic) bond motifs is 1. The average Bonchev–Trinajstić information content (AvgIpc) is 2.36. The predicted octanol–water partition coefficient (Wildman–Crippen LogP) is -0.143. The van der Waals surface area contributed by atoms with E-state index in [4.69, 9.17) is 5.84 Å². The third kappa shape index (κ3) is 3.41. The summed E-state index contributed by atoms with van der Waals surface area (Å²) >= 11 is 0. The molecule has 6 heteroatoms. The Bertz CT molecular complexity index is 287. The molecular weight excluding hydrogens is 232 g/mol. The van der Waals surface area contributed by atoms with Crippen molar-refractivity contribution in [3.8, 4) is 0 Å². The zero-order valence-electron chi connectivity index (χ0n) is 11.1. The Hall–Kier alpha value is -0.690. The van der Waals surface area contributed by atoms with Crippen LogP contribution in [0.15, 0.2) is 0 Å². The number of nitrogens with zero attached hydrogens (tertiary/aromatic N) is 2. The molecule has 0 saturated carbocycles. The van der Waals surface area contributed by atoms with E-state index in [9.17, 15) is 4.79 Å². The normalized spacial score (nSPS) is 29.9. The summed E-state index contributed by atoms with van der Waals surface area (Å²) in [4.78, 5) is 20.8. The standard InChI is InChI=1S/C12H24N4O2/c1-10-8-16-6-3-2-4-11(16)9-15(10)7-5-12(17)18-14-13/h10-11,14H,2-9,13H2,1H3. The number of carbonyl (C=O) groups is 1. The number of nitrogens with two attached hydrogens (primary N) is 1. The second-order valence-corrected chi connectivity index (χ2v) is 5.33. The highest BCUT2D eigenvalue weighted by Crippen LogP contribution is 2.23. The van der Waals surface area contributed by atoms with Gasteiger partial charge >= 0.3 is 5.97 Å². The zero-order chi connectivity index (χ0) is 13.0. The molecule has 2 fully saturated rings. The molecule has 3 N–H and O–H groups in total. The van der Waals surface area contributed by atoms with Gasteiger partial charge in [0, 0.05) is 31.7 Å². The van der Waals surface area contributed by atoms with Crippen LogP contribution in [0.1, 0.15) is 32.6 Å². The van der Waals surface area contributed by atoms with Crippen molar-refractivity contribution in [2.24, 2.45) is 5.84 Å². The fraction of sp³-hybridized carbons (Fsp3) is 0.917. The van der Waals surface area contributed by atoms with Crippen LogP contribution in [0.2, 0.25) is 0 Å². The minimum Gasteiger partial charge on any atom is -0.356 e. The van der Waals surface area contributed by atoms with Crippen molar-refractivity contribution in [3.05, 3.63) is 0 Å². The summed E-state index contributed by atoms with van der Waals surface area (Å²) in [7, 11) is 0. The van der Waals surface area contributed by atoms with Crippen LogP contribution in [0.3, 0.4) is 0 Å². The van der Waals surface area contributed by atoms with Gasteiger partial charge < -0.3 is 4.84 Å². The first-order valence-electron chi connectivity index (χ1n) is 6.84. The van der Waals surface area contributed by atoms with Crippen LogP contribution in [-0.2, 0) is 9.63 Å². The van der Waals surface area contributed by atoms with Crippen molar-refractivity contribution in [2.45, 2.75) is 44.7 Å². The topological polar surface area (TPSA) is 70.8 Å². The van der Waals surface area contributed by atoms with Gasteiger partial charge in [-0.15, -0.1) is 0 Å². The summed E-state index contributed by atoms with van der Waals surface area (Å²) in [6.07, 6.45) is 4.35. The Labute approximate surface area is 108 Å². The maximum Gasteiger partial charge on any atom is 0.327 e. The SMILES string of the molecule is CC1CN2CCCCC2CN1CCC(=O)ONN. The highest BCUT2D eigenvalue weighted by atomic mass is 16.7. The highest BCUT2D eigenvalue weighted by Gasteiger charge is 2.32. The Kier molecular flexibility index (Phi) is 4.94. The molecule has 0 aromatic carbocycles. The predicted molar refractivity (Wildman–Crippen MR) is 68.3 cm³/mol. The summed E-state index contributed by atoms with van der Waals surface area (Å²) in [5.41, 5.74) is 1.94. The number of hydrazine groups is 1. The highest BCUT2D eigenvalue weighted by molar-refractivity contribution is 5.69. The Morgan fingerprint density at radius 1 is 1.44 bits per heavy atom. The number of nitrogens with one attached hydrogen (secondary N) is 1. The molecule has 0 bridgehead atoms. The van der Waals surface area contributed by atoms with E-state index in [2.05, 4.69) is 21.6 Å². The molecule has 0 radical (unpaired) electrons. The zero-order valence-corrected chi connectivity index (χ0v) is 11.1. The van der Waals surface area contributed by atoms with Crippen molar-refractivity contribution in [2.75, 3.05) is 26.2 Å². The van der Waals surface area contributed by atoms with Crippen molar-refractivity contribution < 1.29 is 9.63 Å². The summed E-state index contributed by atoms with van der Waals surface area (Å²) in [6.45, 7) is 6.42. The van der Waals surface area contributed by atoms with Gasteiger partial charge in [-0.05, 0) is 26.3 Å². The second-order valence-electron chi connectivity index (χ2n) is 5.33. The van der Waals surface area contributed by atoms with Gasteiger partial charge in [0.05, 0.1) is 6.42 Å². The lowest BCUT2D eigenvalue weighted by molar-refractivity contribution is -0.152. The van der Waals surface area contributed by atoms with Gasteiger partial charge in [0.1, 0.15) is 0 Å². The molecule has 0 aromatic heterocycles. The van der Waals surface area contributed by atoms with Crippen LogP contribution in [0.5, 0.6) is 0 Å². The van der Waals surface area contributed by atoms with Crippen LogP contribution in [0.4, 0.5) is 0 Å². The quantitative estimate of drug-likeness (QED) is 0.539. The fourth-order valence-corrected chi connectivity index (χ4v) is 3.08. The average molecular weight is 256 g/mol. The summed E-state index contributed by atoms with van der Waals surface area (Å²) in [6, 6.07) is 1.19. The molecule has 2 atom stereocenters. The van der Waals surface area contributed by atoms with E-state index < -0.39 is 0 Å². The smallest absolute Gasteiger partial charge is 0.327 e. The molecule has 2 aliphatic rings. The van der Waals surface area contributed by atoms with Gasteiger partial charge in [0.15, 0.2) is 0 Å². The number of carbonyl (C=O) groups excluding carboxylic acids is 1. The third-order valence-electron chi connectivity index (χ3n) is 4.09. The van der Waals surface area contributed by atoms with E-state index in [-0.39, 0.29) is 5.97 Å². The molecule has 0 aliphatic carbocycles. The van der Waals surface area contributed by atoms with Crippen LogP contribution < -0.4 is 11.4 Å². The summed E-state index contributed by atoms with van der Waals surface area (Å²) in [5, 5.41) is 0. The van der Waals surface area contributed by atoms with Crippen LogP contribution in [0, 0.1) is 0 Å². The van der Waals surface area contributed by atoms with E-state index in [0.29, 0.717) is 18.5 Å². The Morgan fingerprint density at radius 2 is 2.28 bits per heavy atom. The van der Waals surface area contributed by atoms with E-state index >= 15 is 0 Å². The van der Waals surface area contributed by atoms with E-state index in [1.165, 1.54) is 25.8 Å². The van der Waals surface area contributed by atoms with Crippen molar-refractivity contribution in [1.29, 1.82) is 0 Å². The van der Waals surface area contributed by atoms with Gasteiger partial charge in [-0.2, -0.15) is 0 Å². The van der Waals surface area contributed by atoms with Crippen LogP contribution in [-0.4, -0.2) is 54.0 Å². The Balaban J connectivity index is 1.79. The molecule has 0 amide bonds. The van der Waals surface area contributed by atoms with Crippen LogP contribution >= 0.6 is 0 Å². The van der Waals surface area contributed by atoms with E-state index in [1.807, 2.05) is 5.59 Å². The first kappa shape index (κ1) is 13.7. The Morgan fingerprint density at radius 3 is 3.06 bits per heavy atom. The van der Waals surface area contributed by atoms with E-state index in [1.54, 1.807) is 0 Å². The number of piperazine rings is 1. The number of hydrogen-bond acceptors (Lipinski definition) is 6. The second kappa shape index (κ2) is 6.47. The van der Waals surface area contributed by atoms with Gasteiger partial charge in [0.25, 0.3) is 0 Å². The molecule has 18 heavy (non-hydrogen) atoms. The number of hydrogen-bond donors (Lipinski definition) is 2. The number of piperidine rings is 1. The van der Waals surface area contributed by atoms with Gasteiger partial charge in [-0.1, -0.05) is 12.0 Å². The lowest BCUT2D eigenvalue weighted by atomic mass is 9.97. The monoisotopic (exact) mass is 256 g/mol. The molecule has 2 unspecified atom stereocenters. The molecule has 104 valence electrons. The molecular formula is C12H24N4O2. The summed E-state index contributed by atoms with van der Waals surface area (Å²) < 4.78 is 0. The first-order chi connectivity index (χ1) is 8.70. The van der Waals surface area contributed by atoms with Gasteiger partial charge in [0.2, 0.25) is 0 Å². The van der Waals surface area contributed by atoms with Crippen molar-refractivity contribution in [3.63, 3.8) is 0 Å².